The van der Waals surface area contributed by atoms with E-state index in [9.17, 15) is 13.2 Å². The van der Waals surface area contributed by atoms with Gasteiger partial charge < -0.3 is 5.32 Å². The number of benzene rings is 1. The first-order valence-corrected chi connectivity index (χ1v) is 10.7. The number of nitrogens with one attached hydrogen (secondary N) is 2. The fourth-order valence-corrected chi connectivity index (χ4v) is 4.87. The SMILES string of the molecule is O=C(CN1CCCC1)Nc1ccc(S(=O)(=O)NC2CCCCC2)cc1. The van der Waals surface area contributed by atoms with Gasteiger partial charge in [0.05, 0.1) is 11.4 Å². The lowest BCUT2D eigenvalue weighted by atomic mass is 9.96. The number of nitrogens with zero attached hydrogens (tertiary/aromatic N) is 1. The number of amides is 1. The minimum Gasteiger partial charge on any atom is -0.325 e. The summed E-state index contributed by atoms with van der Waals surface area (Å²) in [6, 6.07) is 6.45. The molecule has 7 heteroatoms. The van der Waals surface area contributed by atoms with E-state index >= 15 is 0 Å². The maximum Gasteiger partial charge on any atom is 0.240 e. The number of carbonyl (C=O) groups is 1. The zero-order valence-electron chi connectivity index (χ0n) is 14.5. The minimum absolute atomic E-state index is 0.0404. The molecule has 1 amide bonds. The topological polar surface area (TPSA) is 78.5 Å². The lowest BCUT2D eigenvalue weighted by Gasteiger charge is -2.22. The van der Waals surface area contributed by atoms with Gasteiger partial charge in [-0.3, -0.25) is 9.69 Å². The van der Waals surface area contributed by atoms with E-state index in [4.69, 9.17) is 0 Å². The Morgan fingerprint density at radius 3 is 2.28 bits per heavy atom. The Morgan fingerprint density at radius 1 is 1.00 bits per heavy atom. The van der Waals surface area contributed by atoms with Gasteiger partial charge in [-0.25, -0.2) is 13.1 Å². The first-order chi connectivity index (χ1) is 12.0. The Bertz CT molecular complexity index is 676. The third-order valence-corrected chi connectivity index (χ3v) is 6.48. The van der Waals surface area contributed by atoms with Gasteiger partial charge in [-0.15, -0.1) is 0 Å². The van der Waals surface area contributed by atoms with Crippen LogP contribution in [-0.4, -0.2) is 44.9 Å². The van der Waals surface area contributed by atoms with E-state index in [2.05, 4.69) is 14.9 Å². The molecule has 6 nitrogen and oxygen atoms in total. The van der Waals surface area contributed by atoms with E-state index in [0.717, 1.165) is 51.6 Å². The van der Waals surface area contributed by atoms with E-state index in [0.29, 0.717) is 12.2 Å². The van der Waals surface area contributed by atoms with Crippen LogP contribution in [0.4, 0.5) is 5.69 Å². The Labute approximate surface area is 150 Å². The molecule has 0 atom stereocenters. The van der Waals surface area contributed by atoms with Crippen molar-refractivity contribution < 1.29 is 13.2 Å². The number of hydrogen-bond donors (Lipinski definition) is 2. The Kier molecular flexibility index (Phi) is 6.09. The zero-order valence-corrected chi connectivity index (χ0v) is 15.4. The lowest BCUT2D eigenvalue weighted by molar-refractivity contribution is -0.117. The van der Waals surface area contributed by atoms with Crippen molar-refractivity contribution in [3.05, 3.63) is 24.3 Å². The molecule has 138 valence electrons. The summed E-state index contributed by atoms with van der Waals surface area (Å²) in [4.78, 5) is 14.4. The van der Waals surface area contributed by atoms with Crippen molar-refractivity contribution in [2.45, 2.75) is 55.9 Å². The van der Waals surface area contributed by atoms with Gasteiger partial charge in [0.25, 0.3) is 0 Å². The molecule has 1 aromatic rings. The molecule has 3 rings (SSSR count). The number of sulfonamides is 1. The highest BCUT2D eigenvalue weighted by Crippen LogP contribution is 2.21. The highest BCUT2D eigenvalue weighted by Gasteiger charge is 2.22. The van der Waals surface area contributed by atoms with Crippen molar-refractivity contribution in [2.75, 3.05) is 25.0 Å². The minimum atomic E-state index is -3.49. The molecule has 2 fully saturated rings. The van der Waals surface area contributed by atoms with Gasteiger partial charge in [0.15, 0.2) is 0 Å². The van der Waals surface area contributed by atoms with Crippen LogP contribution in [0.2, 0.25) is 0 Å². The average molecular weight is 365 g/mol. The molecule has 1 saturated carbocycles. The molecule has 0 aromatic heterocycles. The van der Waals surface area contributed by atoms with Crippen LogP contribution in [0.3, 0.4) is 0 Å². The standard InChI is InChI=1S/C18H27N3O3S/c22-18(14-21-12-4-5-13-21)19-15-8-10-17(11-9-15)25(23,24)20-16-6-2-1-3-7-16/h8-11,16,20H,1-7,12-14H2,(H,19,22). The van der Waals surface area contributed by atoms with Gasteiger partial charge in [-0.2, -0.15) is 0 Å². The van der Waals surface area contributed by atoms with Crippen LogP contribution in [-0.2, 0) is 14.8 Å². The Hall–Kier alpha value is -1.44. The lowest BCUT2D eigenvalue weighted by Crippen LogP contribution is -2.36. The highest BCUT2D eigenvalue weighted by atomic mass is 32.2. The monoisotopic (exact) mass is 365 g/mol. The summed E-state index contributed by atoms with van der Waals surface area (Å²) in [5.74, 6) is -0.0576. The maximum absolute atomic E-state index is 12.5. The van der Waals surface area contributed by atoms with Crippen LogP contribution in [0.5, 0.6) is 0 Å². The summed E-state index contributed by atoms with van der Waals surface area (Å²) in [5, 5.41) is 2.83. The molecule has 1 aromatic carbocycles. The first-order valence-electron chi connectivity index (χ1n) is 9.17. The molecule has 0 radical (unpaired) electrons. The van der Waals surface area contributed by atoms with Crippen LogP contribution < -0.4 is 10.0 Å². The van der Waals surface area contributed by atoms with Crippen LogP contribution in [0.1, 0.15) is 44.9 Å². The summed E-state index contributed by atoms with van der Waals surface area (Å²) >= 11 is 0. The number of likely N-dealkylation sites (tertiary alicyclic amines) is 1. The fraction of sp³-hybridized carbons (Fsp3) is 0.611. The normalized spacial score (nSPS) is 19.8. The molecule has 2 N–H and O–H groups in total. The molecule has 1 saturated heterocycles. The fourth-order valence-electron chi connectivity index (χ4n) is 3.57. The number of rotatable bonds is 6. The Morgan fingerprint density at radius 2 is 1.64 bits per heavy atom. The van der Waals surface area contributed by atoms with Gasteiger partial charge in [0, 0.05) is 11.7 Å². The van der Waals surface area contributed by atoms with Crippen molar-refractivity contribution in [3.63, 3.8) is 0 Å². The highest BCUT2D eigenvalue weighted by molar-refractivity contribution is 7.89. The van der Waals surface area contributed by atoms with E-state index in [1.807, 2.05) is 0 Å². The maximum atomic E-state index is 12.5. The summed E-state index contributed by atoms with van der Waals surface area (Å²) in [5.41, 5.74) is 0.626. The van der Waals surface area contributed by atoms with Crippen LogP contribution >= 0.6 is 0 Å². The molecule has 1 aliphatic carbocycles. The molecule has 1 heterocycles. The largest absolute Gasteiger partial charge is 0.325 e. The van der Waals surface area contributed by atoms with Gasteiger partial charge in [-0.05, 0) is 63.0 Å². The summed E-state index contributed by atoms with van der Waals surface area (Å²) < 4.78 is 27.7. The number of anilines is 1. The molecule has 0 spiro atoms. The van der Waals surface area contributed by atoms with Crippen LogP contribution in [0, 0.1) is 0 Å². The van der Waals surface area contributed by atoms with Crippen molar-refractivity contribution >= 4 is 21.6 Å². The van der Waals surface area contributed by atoms with E-state index in [1.54, 1.807) is 24.3 Å². The molecule has 2 aliphatic rings. The predicted molar refractivity (Wildman–Crippen MR) is 97.9 cm³/mol. The van der Waals surface area contributed by atoms with Crippen molar-refractivity contribution in [3.8, 4) is 0 Å². The second-order valence-electron chi connectivity index (χ2n) is 7.01. The van der Waals surface area contributed by atoms with Gasteiger partial charge >= 0.3 is 0 Å². The van der Waals surface area contributed by atoms with Crippen molar-refractivity contribution in [1.82, 2.24) is 9.62 Å². The van der Waals surface area contributed by atoms with Crippen LogP contribution in [0.15, 0.2) is 29.2 Å². The van der Waals surface area contributed by atoms with Gasteiger partial charge in [-0.1, -0.05) is 19.3 Å². The van der Waals surface area contributed by atoms with Gasteiger partial charge in [0.2, 0.25) is 15.9 Å². The van der Waals surface area contributed by atoms with E-state index in [-0.39, 0.29) is 16.8 Å². The third kappa shape index (κ3) is 5.26. The molecular weight excluding hydrogens is 338 g/mol. The first kappa shape index (κ1) is 18.4. The Balaban J connectivity index is 1.56. The predicted octanol–water partition coefficient (Wildman–Crippen LogP) is 2.33. The molecule has 25 heavy (non-hydrogen) atoms. The molecule has 0 unspecified atom stereocenters. The summed E-state index contributed by atoms with van der Waals surface area (Å²) in [6.07, 6.45) is 7.45. The van der Waals surface area contributed by atoms with E-state index in [1.165, 1.54) is 6.42 Å². The average Bonchev–Trinajstić information content (AvgIpc) is 3.08. The quantitative estimate of drug-likeness (QED) is 0.811. The van der Waals surface area contributed by atoms with E-state index < -0.39 is 10.0 Å². The molecule has 1 aliphatic heterocycles. The third-order valence-electron chi connectivity index (χ3n) is 4.94. The molecule has 0 bridgehead atoms. The van der Waals surface area contributed by atoms with Crippen molar-refractivity contribution in [2.24, 2.45) is 0 Å². The summed E-state index contributed by atoms with van der Waals surface area (Å²) in [7, 11) is -3.49. The second kappa shape index (κ2) is 8.29. The zero-order chi connectivity index (χ0) is 17.7. The van der Waals surface area contributed by atoms with Crippen molar-refractivity contribution in [1.29, 1.82) is 0 Å². The summed E-state index contributed by atoms with van der Waals surface area (Å²) in [6.45, 7) is 2.33. The number of hydrogen-bond acceptors (Lipinski definition) is 4. The molecular formula is C18H27N3O3S. The van der Waals surface area contributed by atoms with Gasteiger partial charge in [0.1, 0.15) is 0 Å². The van der Waals surface area contributed by atoms with Crippen LogP contribution in [0.25, 0.3) is 0 Å². The smallest absolute Gasteiger partial charge is 0.240 e. The second-order valence-corrected chi connectivity index (χ2v) is 8.73. The number of carbonyl (C=O) groups excluding carboxylic acids is 1.